The normalized spacial score (nSPS) is 21.0. The summed E-state index contributed by atoms with van der Waals surface area (Å²) in [5.41, 5.74) is 7.96. The molecule has 1 fully saturated rings. The van der Waals surface area contributed by atoms with Gasteiger partial charge in [0.25, 0.3) is 5.91 Å². The zero-order chi connectivity index (χ0) is 18.7. The van der Waals surface area contributed by atoms with E-state index in [1.54, 1.807) is 0 Å². The number of benzene rings is 1. The Balaban J connectivity index is 1.55. The molecule has 0 saturated heterocycles. The number of sulfonamides is 1. The van der Waals surface area contributed by atoms with Crippen molar-refractivity contribution in [2.75, 3.05) is 12.3 Å². The summed E-state index contributed by atoms with van der Waals surface area (Å²) in [5.74, 6) is -0.170. The number of carbonyl (C=O) groups excluding carboxylic acids is 1. The van der Waals surface area contributed by atoms with Gasteiger partial charge in [0.2, 0.25) is 10.0 Å². The Bertz CT molecular complexity index is 883. The number of hydrogen-bond acceptors (Lipinski definition) is 4. The fourth-order valence-corrected chi connectivity index (χ4v) is 4.69. The van der Waals surface area contributed by atoms with Gasteiger partial charge in [0.1, 0.15) is 5.69 Å². The highest BCUT2D eigenvalue weighted by Gasteiger charge is 2.26. The Morgan fingerprint density at radius 2 is 1.92 bits per heavy atom. The van der Waals surface area contributed by atoms with E-state index >= 15 is 0 Å². The molecule has 7 nitrogen and oxygen atoms in total. The number of para-hydroxylation sites is 1. The Morgan fingerprint density at radius 1 is 1.23 bits per heavy atom. The number of carbonyl (C=O) groups is 1. The summed E-state index contributed by atoms with van der Waals surface area (Å²) in [6, 6.07) is 7.81. The van der Waals surface area contributed by atoms with Gasteiger partial charge in [0.05, 0.1) is 5.75 Å². The van der Waals surface area contributed by atoms with Crippen LogP contribution in [-0.2, 0) is 10.0 Å². The van der Waals surface area contributed by atoms with E-state index in [0.717, 1.165) is 29.3 Å². The van der Waals surface area contributed by atoms with Crippen molar-refractivity contribution in [1.29, 1.82) is 0 Å². The monoisotopic (exact) mass is 378 g/mol. The largest absolute Gasteiger partial charge is 0.350 e. The quantitative estimate of drug-likeness (QED) is 0.608. The lowest BCUT2D eigenvalue weighted by molar-refractivity contribution is 0.0921. The molecule has 26 heavy (non-hydrogen) atoms. The van der Waals surface area contributed by atoms with Gasteiger partial charge in [-0.05, 0) is 44.2 Å². The van der Waals surface area contributed by atoms with Crippen LogP contribution in [0, 0.1) is 6.92 Å². The van der Waals surface area contributed by atoms with Crippen LogP contribution >= 0.6 is 0 Å². The topological polar surface area (TPSA) is 117 Å². The summed E-state index contributed by atoms with van der Waals surface area (Å²) >= 11 is 0. The smallest absolute Gasteiger partial charge is 0.267 e. The first kappa shape index (κ1) is 18.9. The van der Waals surface area contributed by atoms with E-state index in [1.165, 1.54) is 0 Å². The van der Waals surface area contributed by atoms with E-state index in [9.17, 15) is 13.2 Å². The van der Waals surface area contributed by atoms with Crippen molar-refractivity contribution < 1.29 is 13.2 Å². The van der Waals surface area contributed by atoms with Crippen LogP contribution in [0.2, 0.25) is 0 Å². The minimum Gasteiger partial charge on any atom is -0.350 e. The maximum Gasteiger partial charge on any atom is 0.267 e. The zero-order valence-electron chi connectivity index (χ0n) is 14.9. The molecule has 0 spiro atoms. The molecular formula is C18H26N4O3S. The van der Waals surface area contributed by atoms with E-state index in [2.05, 4.69) is 15.0 Å². The van der Waals surface area contributed by atoms with E-state index in [0.29, 0.717) is 18.5 Å². The first-order valence-electron chi connectivity index (χ1n) is 8.97. The minimum absolute atomic E-state index is 0.0521. The summed E-state index contributed by atoms with van der Waals surface area (Å²) in [5, 5.41) is 4.08. The number of hydrogen-bond donors (Lipinski definition) is 4. The van der Waals surface area contributed by atoms with Crippen molar-refractivity contribution >= 4 is 26.8 Å². The highest BCUT2D eigenvalue weighted by atomic mass is 32.2. The van der Waals surface area contributed by atoms with Gasteiger partial charge in [0, 0.05) is 29.5 Å². The van der Waals surface area contributed by atoms with Crippen LogP contribution < -0.4 is 15.8 Å². The van der Waals surface area contributed by atoms with Gasteiger partial charge >= 0.3 is 0 Å². The molecule has 1 heterocycles. The van der Waals surface area contributed by atoms with Crippen molar-refractivity contribution in [3.63, 3.8) is 0 Å². The second-order valence-corrected chi connectivity index (χ2v) is 8.84. The molecule has 142 valence electrons. The predicted molar refractivity (Wildman–Crippen MR) is 103 cm³/mol. The molecule has 1 aromatic heterocycles. The van der Waals surface area contributed by atoms with Gasteiger partial charge < -0.3 is 16.0 Å². The van der Waals surface area contributed by atoms with Crippen molar-refractivity contribution in [3.05, 3.63) is 35.5 Å². The van der Waals surface area contributed by atoms with Crippen LogP contribution in [-0.4, -0.2) is 43.7 Å². The summed E-state index contributed by atoms with van der Waals surface area (Å²) in [4.78, 5) is 15.7. The van der Waals surface area contributed by atoms with E-state index < -0.39 is 10.0 Å². The lowest BCUT2D eigenvalue weighted by Gasteiger charge is -2.29. The highest BCUT2D eigenvalue weighted by molar-refractivity contribution is 7.89. The maximum absolute atomic E-state index is 12.5. The van der Waals surface area contributed by atoms with Crippen molar-refractivity contribution in [2.45, 2.75) is 44.7 Å². The number of aromatic nitrogens is 1. The van der Waals surface area contributed by atoms with Gasteiger partial charge in [-0.25, -0.2) is 13.1 Å². The maximum atomic E-state index is 12.5. The number of aryl methyl sites for hydroxylation is 1. The van der Waals surface area contributed by atoms with Crippen LogP contribution in [0.15, 0.2) is 24.3 Å². The van der Waals surface area contributed by atoms with Crippen LogP contribution in [0.4, 0.5) is 0 Å². The first-order chi connectivity index (χ1) is 12.4. The van der Waals surface area contributed by atoms with E-state index in [1.807, 2.05) is 31.2 Å². The Morgan fingerprint density at radius 3 is 2.58 bits per heavy atom. The molecule has 8 heteroatoms. The number of amides is 1. The molecule has 0 bridgehead atoms. The number of H-pyrrole nitrogens is 1. The van der Waals surface area contributed by atoms with Crippen molar-refractivity contribution in [3.8, 4) is 0 Å². The summed E-state index contributed by atoms with van der Waals surface area (Å²) < 4.78 is 26.3. The summed E-state index contributed by atoms with van der Waals surface area (Å²) in [6.45, 7) is 2.12. The van der Waals surface area contributed by atoms with Crippen LogP contribution in [0.5, 0.6) is 0 Å². The third-order valence-electron chi connectivity index (χ3n) is 4.90. The Labute approximate surface area is 153 Å². The average molecular weight is 378 g/mol. The molecular weight excluding hydrogens is 352 g/mol. The van der Waals surface area contributed by atoms with Gasteiger partial charge in [-0.2, -0.15) is 0 Å². The Kier molecular flexibility index (Phi) is 5.64. The van der Waals surface area contributed by atoms with Crippen molar-refractivity contribution in [1.82, 2.24) is 15.0 Å². The average Bonchev–Trinajstić information content (AvgIpc) is 3.02. The molecule has 2 aromatic rings. The number of nitrogens with one attached hydrogen (secondary N) is 3. The van der Waals surface area contributed by atoms with E-state index in [4.69, 9.17) is 5.73 Å². The fraction of sp³-hybridized carbons (Fsp3) is 0.500. The molecule has 1 aromatic carbocycles. The molecule has 0 aliphatic heterocycles. The molecule has 1 aliphatic carbocycles. The molecule has 3 rings (SSSR count). The first-order valence-corrected chi connectivity index (χ1v) is 10.6. The summed E-state index contributed by atoms with van der Waals surface area (Å²) in [6.07, 6.45) is 2.92. The third-order valence-corrected chi connectivity index (χ3v) is 6.37. The number of fused-ring (bicyclic) bond motifs is 1. The standard InChI is InChI=1S/C18H26N4O3S/c1-12-3-2-4-13-11-16(21-17(12)13)18(23)20-14-5-7-15(8-6-14)22-26(24,25)10-9-19/h2-4,11,14-15,21-22H,5-10,19H2,1H3,(H,20,23)/t14-,15-. The molecule has 5 N–H and O–H groups in total. The number of aromatic amines is 1. The highest BCUT2D eigenvalue weighted by Crippen LogP contribution is 2.21. The second kappa shape index (κ2) is 7.77. The second-order valence-electron chi connectivity index (χ2n) is 6.97. The third kappa shape index (κ3) is 4.44. The lowest BCUT2D eigenvalue weighted by Crippen LogP contribution is -2.44. The minimum atomic E-state index is -3.30. The predicted octanol–water partition coefficient (Wildman–Crippen LogP) is 1.40. The zero-order valence-corrected chi connectivity index (χ0v) is 15.7. The van der Waals surface area contributed by atoms with Crippen LogP contribution in [0.3, 0.4) is 0 Å². The van der Waals surface area contributed by atoms with Crippen LogP contribution in [0.1, 0.15) is 41.7 Å². The molecule has 1 saturated carbocycles. The van der Waals surface area contributed by atoms with E-state index in [-0.39, 0.29) is 30.3 Å². The molecule has 1 amide bonds. The van der Waals surface area contributed by atoms with Crippen LogP contribution in [0.25, 0.3) is 10.9 Å². The SMILES string of the molecule is Cc1cccc2cc(C(=O)N[C@H]3CC[C@H](NS(=O)(=O)CCN)CC3)[nH]c12. The van der Waals surface area contributed by atoms with Gasteiger partial charge in [-0.15, -0.1) is 0 Å². The number of nitrogens with two attached hydrogens (primary N) is 1. The Hall–Kier alpha value is -1.90. The van der Waals surface area contributed by atoms with Gasteiger partial charge in [-0.1, -0.05) is 18.2 Å². The molecule has 0 radical (unpaired) electrons. The summed E-state index contributed by atoms with van der Waals surface area (Å²) in [7, 11) is -3.30. The molecule has 0 atom stereocenters. The lowest BCUT2D eigenvalue weighted by atomic mass is 9.92. The molecule has 0 unspecified atom stereocenters. The fourth-order valence-electron chi connectivity index (χ4n) is 3.52. The molecule has 1 aliphatic rings. The van der Waals surface area contributed by atoms with Gasteiger partial charge in [-0.3, -0.25) is 4.79 Å². The number of rotatable bonds is 6. The van der Waals surface area contributed by atoms with Crippen molar-refractivity contribution in [2.24, 2.45) is 5.73 Å². The van der Waals surface area contributed by atoms with Gasteiger partial charge in [0.15, 0.2) is 0 Å².